The highest BCUT2D eigenvalue weighted by Gasteiger charge is 2.20. The standard InChI is InChI=1S/CH3BrCl2P/c1-5(2,3)4/h1H3/q+1. The lowest BCUT2D eigenvalue weighted by molar-refractivity contribution is 2.48. The van der Waals surface area contributed by atoms with Gasteiger partial charge in [-0.3, -0.25) is 0 Å². The van der Waals surface area contributed by atoms with Crippen molar-refractivity contribution in [3.8, 4) is 0 Å². The molecule has 5 heavy (non-hydrogen) atoms. The monoisotopic (exact) mass is 195 g/mol. The fourth-order valence-corrected chi connectivity index (χ4v) is 0. The summed E-state index contributed by atoms with van der Waals surface area (Å²) in [5, 5.41) is 0. The number of hydrogen-bond acceptors (Lipinski definition) is 0. The Labute approximate surface area is 49.5 Å². The largest absolute Gasteiger partial charge is 0.276 e. The molecule has 0 bridgehead atoms. The highest BCUT2D eigenvalue weighted by atomic mass is 79.9. The molecule has 0 saturated carbocycles. The molecule has 0 heterocycles. The molecule has 32 valence electrons. The van der Waals surface area contributed by atoms with Crippen LogP contribution >= 0.6 is 42.6 Å². The lowest BCUT2D eigenvalue weighted by Crippen LogP contribution is -1.39. The molecular formula is CH3BrCl2P+. The van der Waals surface area contributed by atoms with E-state index in [-0.39, 0.29) is 0 Å². The molecule has 0 aromatic heterocycles. The fraction of sp³-hybridized carbons (Fsp3) is 1.00. The highest BCUT2D eigenvalue weighted by molar-refractivity contribution is 9.47. The molecule has 0 aliphatic carbocycles. The van der Waals surface area contributed by atoms with Crippen molar-refractivity contribution in [2.45, 2.75) is 0 Å². The van der Waals surface area contributed by atoms with Crippen LogP contribution in [0.15, 0.2) is 0 Å². The summed E-state index contributed by atoms with van der Waals surface area (Å²) in [5.41, 5.74) is 0. The molecule has 0 aromatic carbocycles. The van der Waals surface area contributed by atoms with Crippen LogP contribution in [0.4, 0.5) is 0 Å². The molecule has 0 spiro atoms. The lowest BCUT2D eigenvalue weighted by Gasteiger charge is -1.80. The Bertz CT molecular complexity index is 25.1. The predicted molar refractivity (Wildman–Crippen MR) is 33.5 cm³/mol. The summed E-state index contributed by atoms with van der Waals surface area (Å²) in [6, 6.07) is 0. The zero-order valence-electron chi connectivity index (χ0n) is 2.58. The van der Waals surface area contributed by atoms with Crippen molar-refractivity contribution in [3.05, 3.63) is 0 Å². The van der Waals surface area contributed by atoms with Crippen LogP contribution in [0.3, 0.4) is 0 Å². The van der Waals surface area contributed by atoms with Crippen LogP contribution in [0.25, 0.3) is 0 Å². The molecular weight excluding hydrogens is 194 g/mol. The summed E-state index contributed by atoms with van der Waals surface area (Å²) >= 11 is 13.7. The fourth-order valence-electron chi connectivity index (χ4n) is 0. The molecule has 0 saturated heterocycles. The first-order valence-corrected chi connectivity index (χ1v) is 7.02. The first kappa shape index (κ1) is 6.49. The minimum atomic E-state index is -1.63. The Morgan fingerprint density at radius 1 is 1.60 bits per heavy atom. The third-order valence-electron chi connectivity index (χ3n) is 0. The van der Waals surface area contributed by atoms with Crippen LogP contribution in [-0.4, -0.2) is 6.66 Å². The van der Waals surface area contributed by atoms with Gasteiger partial charge in [0.05, 0.1) is 6.66 Å². The highest BCUT2D eigenvalue weighted by Crippen LogP contribution is 2.72. The van der Waals surface area contributed by atoms with Crippen LogP contribution < -0.4 is 0 Å². The molecule has 0 amide bonds. The summed E-state index contributed by atoms with van der Waals surface area (Å²) in [6.45, 7) is 1.75. The maximum absolute atomic E-state index is 5.32. The van der Waals surface area contributed by atoms with Gasteiger partial charge >= 0.3 is 0 Å². The summed E-state index contributed by atoms with van der Waals surface area (Å²) in [4.78, 5) is 0. The van der Waals surface area contributed by atoms with Gasteiger partial charge < -0.3 is 0 Å². The summed E-state index contributed by atoms with van der Waals surface area (Å²) in [5.74, 6) is 0. The van der Waals surface area contributed by atoms with Gasteiger partial charge in [0.15, 0.2) is 15.5 Å². The summed E-state index contributed by atoms with van der Waals surface area (Å²) in [6.07, 6.45) is 0. The van der Waals surface area contributed by atoms with Crippen molar-refractivity contribution in [2.75, 3.05) is 6.66 Å². The van der Waals surface area contributed by atoms with Gasteiger partial charge in [-0.15, -0.1) is 0 Å². The molecule has 0 nitrogen and oxygen atoms in total. The van der Waals surface area contributed by atoms with Gasteiger partial charge in [0.2, 0.25) is 0 Å². The summed E-state index contributed by atoms with van der Waals surface area (Å²) < 4.78 is -1.63. The topological polar surface area (TPSA) is 0 Å². The van der Waals surface area contributed by atoms with Gasteiger partial charge in [-0.05, 0) is 0 Å². The zero-order chi connectivity index (χ0) is 4.50. The molecule has 0 fully saturated rings. The number of hydrogen-bond donors (Lipinski definition) is 0. The van der Waals surface area contributed by atoms with E-state index in [2.05, 4.69) is 15.5 Å². The SMILES string of the molecule is C[P+](Cl)(Cl)Br. The van der Waals surface area contributed by atoms with Crippen molar-refractivity contribution in [2.24, 2.45) is 0 Å². The third kappa shape index (κ3) is 30.1. The third-order valence-corrected chi connectivity index (χ3v) is 0. The average Bonchev–Trinajstić information content (AvgIpc) is 0.722. The molecule has 0 aromatic rings. The average molecular weight is 197 g/mol. The minimum absolute atomic E-state index is 1.63. The van der Waals surface area contributed by atoms with E-state index in [0.29, 0.717) is 0 Å². The van der Waals surface area contributed by atoms with E-state index in [1.807, 2.05) is 0 Å². The van der Waals surface area contributed by atoms with Gasteiger partial charge in [0.1, 0.15) is 22.5 Å². The van der Waals surface area contributed by atoms with Crippen molar-refractivity contribution in [3.63, 3.8) is 0 Å². The van der Waals surface area contributed by atoms with Crippen molar-refractivity contribution in [1.29, 1.82) is 0 Å². The molecule has 0 unspecified atom stereocenters. The first-order valence-electron chi connectivity index (χ1n) is 0.954. The Balaban J connectivity index is 3.02. The molecule has 0 N–H and O–H groups in total. The van der Waals surface area contributed by atoms with E-state index in [1.54, 1.807) is 6.66 Å². The first-order chi connectivity index (χ1) is 2.00. The second-order valence-corrected chi connectivity index (χ2v) is 13.4. The quantitative estimate of drug-likeness (QED) is 0.522. The molecule has 0 aliphatic heterocycles. The van der Waals surface area contributed by atoms with Crippen LogP contribution in [0.1, 0.15) is 0 Å². The molecule has 0 rings (SSSR count). The summed E-state index contributed by atoms with van der Waals surface area (Å²) in [7, 11) is 0. The molecule has 0 radical (unpaired) electrons. The van der Waals surface area contributed by atoms with E-state index >= 15 is 0 Å². The van der Waals surface area contributed by atoms with Crippen LogP contribution in [0.2, 0.25) is 0 Å². The Kier molecular flexibility index (Phi) is 2.56. The Morgan fingerprint density at radius 2 is 1.60 bits per heavy atom. The maximum atomic E-state index is 5.32. The van der Waals surface area contributed by atoms with Crippen LogP contribution in [0.5, 0.6) is 0 Å². The van der Waals surface area contributed by atoms with Crippen molar-refractivity contribution < 1.29 is 0 Å². The lowest BCUT2D eigenvalue weighted by atomic mass is 12.0. The van der Waals surface area contributed by atoms with Gasteiger partial charge in [-0.1, -0.05) is 0 Å². The predicted octanol–water partition coefficient (Wildman–Crippen LogP) is 3.25. The molecule has 0 aliphatic rings. The number of rotatable bonds is 0. The Morgan fingerprint density at radius 3 is 1.60 bits per heavy atom. The van der Waals surface area contributed by atoms with E-state index in [9.17, 15) is 0 Å². The molecule has 4 heteroatoms. The van der Waals surface area contributed by atoms with E-state index in [4.69, 9.17) is 22.5 Å². The van der Waals surface area contributed by atoms with Gasteiger partial charge in [-0.2, -0.15) is 0 Å². The normalized spacial score (nSPS) is 12.0. The van der Waals surface area contributed by atoms with Crippen LogP contribution in [0, 0.1) is 0 Å². The smallest absolute Gasteiger partial charge is 0.0910 e. The van der Waals surface area contributed by atoms with Gasteiger partial charge in [0.25, 0.3) is 4.67 Å². The second-order valence-electron chi connectivity index (χ2n) is 0.699. The van der Waals surface area contributed by atoms with Crippen molar-refractivity contribution in [1.82, 2.24) is 0 Å². The Hall–Kier alpha value is 1.49. The van der Waals surface area contributed by atoms with E-state index < -0.39 is 4.67 Å². The van der Waals surface area contributed by atoms with Crippen LogP contribution in [-0.2, 0) is 0 Å². The van der Waals surface area contributed by atoms with Gasteiger partial charge in [0, 0.05) is 0 Å². The van der Waals surface area contributed by atoms with E-state index in [0.717, 1.165) is 0 Å². The minimum Gasteiger partial charge on any atom is 0.0910 e. The number of halogens is 3. The zero-order valence-corrected chi connectivity index (χ0v) is 6.57. The molecule has 0 atom stereocenters. The van der Waals surface area contributed by atoms with Gasteiger partial charge in [-0.25, -0.2) is 0 Å². The van der Waals surface area contributed by atoms with Crippen molar-refractivity contribution >= 4 is 42.6 Å². The second kappa shape index (κ2) is 1.97. The van der Waals surface area contributed by atoms with E-state index in [1.165, 1.54) is 0 Å². The maximum Gasteiger partial charge on any atom is 0.276 e.